The predicted molar refractivity (Wildman–Crippen MR) is 111 cm³/mol. The highest BCUT2D eigenvalue weighted by Crippen LogP contribution is 2.30. The summed E-state index contributed by atoms with van der Waals surface area (Å²) in [6, 6.07) is 12.7. The summed E-state index contributed by atoms with van der Waals surface area (Å²) in [5, 5.41) is 1.88. The molecule has 1 aromatic heterocycles. The van der Waals surface area contributed by atoms with Crippen molar-refractivity contribution in [1.82, 2.24) is 9.97 Å². The molecule has 0 unspecified atom stereocenters. The third-order valence-electron chi connectivity index (χ3n) is 4.52. The van der Waals surface area contributed by atoms with Crippen molar-refractivity contribution in [1.29, 1.82) is 0 Å². The first-order valence-corrected chi connectivity index (χ1v) is 9.87. The van der Waals surface area contributed by atoms with Crippen molar-refractivity contribution in [2.45, 2.75) is 50.9 Å². The standard InChI is InChI=1S/C21H24N2S2/c1-13-10-15(21(3,4)5)11-14(2)17(13)12-25-20-22-18-9-7-6-8-16(18)19(24)23-20/h6-11H,12H2,1-5H3,(H,22,23,24). The number of rotatable bonds is 3. The third-order valence-corrected chi connectivity index (χ3v) is 5.73. The van der Waals surface area contributed by atoms with Crippen LogP contribution in [0.2, 0.25) is 0 Å². The third kappa shape index (κ3) is 3.96. The van der Waals surface area contributed by atoms with Gasteiger partial charge in [-0.3, -0.25) is 0 Å². The number of aromatic nitrogens is 2. The second-order valence-electron chi connectivity index (χ2n) is 7.52. The minimum Gasteiger partial charge on any atom is -0.334 e. The van der Waals surface area contributed by atoms with Crippen molar-refractivity contribution in [3.63, 3.8) is 0 Å². The van der Waals surface area contributed by atoms with E-state index in [1.165, 1.54) is 22.3 Å². The van der Waals surface area contributed by atoms with E-state index in [9.17, 15) is 0 Å². The molecule has 4 heteroatoms. The smallest absolute Gasteiger partial charge is 0.167 e. The van der Waals surface area contributed by atoms with E-state index in [0.29, 0.717) is 4.64 Å². The van der Waals surface area contributed by atoms with Crippen LogP contribution in [-0.2, 0) is 11.2 Å². The Hall–Kier alpha value is -1.65. The number of H-pyrrole nitrogens is 1. The van der Waals surface area contributed by atoms with Gasteiger partial charge < -0.3 is 4.98 Å². The van der Waals surface area contributed by atoms with E-state index in [1.807, 2.05) is 24.3 Å². The zero-order valence-electron chi connectivity index (χ0n) is 15.4. The van der Waals surface area contributed by atoms with Crippen LogP contribution in [0.1, 0.15) is 43.0 Å². The summed E-state index contributed by atoms with van der Waals surface area (Å²) in [7, 11) is 0. The van der Waals surface area contributed by atoms with Gasteiger partial charge in [-0.1, -0.05) is 69.0 Å². The van der Waals surface area contributed by atoms with Gasteiger partial charge in [-0.25, -0.2) is 4.98 Å². The first-order chi connectivity index (χ1) is 11.8. The summed E-state index contributed by atoms with van der Waals surface area (Å²) in [6.45, 7) is 11.2. The van der Waals surface area contributed by atoms with Crippen LogP contribution in [-0.4, -0.2) is 9.97 Å². The van der Waals surface area contributed by atoms with Crippen LogP contribution in [0.25, 0.3) is 10.9 Å². The van der Waals surface area contributed by atoms with Crippen molar-refractivity contribution in [2.75, 3.05) is 0 Å². The molecule has 130 valence electrons. The summed E-state index contributed by atoms with van der Waals surface area (Å²) in [4.78, 5) is 7.95. The highest BCUT2D eigenvalue weighted by Gasteiger charge is 2.16. The molecule has 0 aliphatic rings. The van der Waals surface area contributed by atoms with Gasteiger partial charge in [0.1, 0.15) is 4.64 Å². The first kappa shape index (κ1) is 18.2. The lowest BCUT2D eigenvalue weighted by Gasteiger charge is -2.22. The summed E-state index contributed by atoms with van der Waals surface area (Å²) in [5.41, 5.74) is 6.67. The Kier molecular flexibility index (Phi) is 5.03. The maximum Gasteiger partial charge on any atom is 0.167 e. The molecular weight excluding hydrogens is 344 g/mol. The van der Waals surface area contributed by atoms with Crippen molar-refractivity contribution in [3.05, 3.63) is 63.3 Å². The second-order valence-corrected chi connectivity index (χ2v) is 8.87. The first-order valence-electron chi connectivity index (χ1n) is 8.48. The van der Waals surface area contributed by atoms with E-state index >= 15 is 0 Å². The highest BCUT2D eigenvalue weighted by molar-refractivity contribution is 7.98. The molecule has 0 saturated carbocycles. The Morgan fingerprint density at radius 3 is 2.36 bits per heavy atom. The van der Waals surface area contributed by atoms with Gasteiger partial charge in [0.25, 0.3) is 0 Å². The number of para-hydroxylation sites is 1. The molecule has 0 aliphatic carbocycles. The van der Waals surface area contributed by atoms with Gasteiger partial charge in [-0.2, -0.15) is 0 Å². The minimum absolute atomic E-state index is 0.173. The molecule has 3 rings (SSSR count). The van der Waals surface area contributed by atoms with Gasteiger partial charge in [-0.15, -0.1) is 0 Å². The summed E-state index contributed by atoms with van der Waals surface area (Å²) in [5.74, 6) is 0.888. The zero-order valence-corrected chi connectivity index (χ0v) is 17.1. The van der Waals surface area contributed by atoms with Crippen LogP contribution in [0.5, 0.6) is 0 Å². The van der Waals surface area contributed by atoms with E-state index in [4.69, 9.17) is 12.2 Å². The maximum atomic E-state index is 5.44. The van der Waals surface area contributed by atoms with E-state index in [1.54, 1.807) is 11.8 Å². The molecule has 1 heterocycles. The van der Waals surface area contributed by atoms with Crippen molar-refractivity contribution >= 4 is 34.9 Å². The van der Waals surface area contributed by atoms with E-state index in [0.717, 1.165) is 21.8 Å². The fourth-order valence-corrected chi connectivity index (χ4v) is 4.34. The van der Waals surface area contributed by atoms with Crippen LogP contribution in [0, 0.1) is 18.5 Å². The molecule has 1 N–H and O–H groups in total. The summed E-state index contributed by atoms with van der Waals surface area (Å²) in [6.07, 6.45) is 0. The Morgan fingerprint density at radius 1 is 1.08 bits per heavy atom. The molecular formula is C21H24N2S2. The Balaban J connectivity index is 1.88. The Bertz CT molecular complexity index is 958. The van der Waals surface area contributed by atoms with Crippen molar-refractivity contribution in [2.24, 2.45) is 0 Å². The lowest BCUT2D eigenvalue weighted by atomic mass is 9.84. The van der Waals surface area contributed by atoms with Crippen LogP contribution in [0.4, 0.5) is 0 Å². The SMILES string of the molecule is Cc1cc(C(C)(C)C)cc(C)c1CSc1nc(=S)c2ccccc2[nH]1. The van der Waals surface area contributed by atoms with Crippen LogP contribution < -0.4 is 0 Å². The number of fused-ring (bicyclic) bond motifs is 1. The lowest BCUT2D eigenvalue weighted by Crippen LogP contribution is -2.12. The van der Waals surface area contributed by atoms with E-state index < -0.39 is 0 Å². The number of aryl methyl sites for hydroxylation is 2. The summed E-state index contributed by atoms with van der Waals surface area (Å²) >= 11 is 7.15. The van der Waals surface area contributed by atoms with Crippen molar-refractivity contribution < 1.29 is 0 Å². The molecule has 0 atom stereocenters. The van der Waals surface area contributed by atoms with Crippen LogP contribution >= 0.6 is 24.0 Å². The molecule has 0 saturated heterocycles. The van der Waals surface area contributed by atoms with Gasteiger partial charge >= 0.3 is 0 Å². The van der Waals surface area contributed by atoms with Crippen molar-refractivity contribution in [3.8, 4) is 0 Å². The molecule has 0 radical (unpaired) electrons. The second kappa shape index (κ2) is 6.93. The minimum atomic E-state index is 0.173. The molecule has 25 heavy (non-hydrogen) atoms. The summed E-state index contributed by atoms with van der Waals surface area (Å²) < 4.78 is 0.661. The van der Waals surface area contributed by atoms with E-state index in [-0.39, 0.29) is 5.41 Å². The fourth-order valence-electron chi connectivity index (χ4n) is 2.94. The fraction of sp³-hybridized carbons (Fsp3) is 0.333. The molecule has 2 nitrogen and oxygen atoms in total. The van der Waals surface area contributed by atoms with Gasteiger partial charge in [-0.05, 0) is 53.6 Å². The lowest BCUT2D eigenvalue weighted by molar-refractivity contribution is 0.589. The number of benzene rings is 2. The number of aromatic amines is 1. The topological polar surface area (TPSA) is 28.7 Å². The molecule has 2 aromatic carbocycles. The van der Waals surface area contributed by atoms with E-state index in [2.05, 4.69) is 56.7 Å². The quantitative estimate of drug-likeness (QED) is 0.325. The predicted octanol–water partition coefficient (Wildman–Crippen LogP) is 6.50. The molecule has 0 aliphatic heterocycles. The van der Waals surface area contributed by atoms with Crippen LogP contribution in [0.3, 0.4) is 0 Å². The van der Waals surface area contributed by atoms with Gasteiger partial charge in [0.05, 0.1) is 5.52 Å². The molecule has 3 aromatic rings. The Morgan fingerprint density at radius 2 is 1.72 bits per heavy atom. The maximum absolute atomic E-state index is 5.44. The average molecular weight is 369 g/mol. The van der Waals surface area contributed by atoms with Gasteiger partial charge in [0.2, 0.25) is 0 Å². The average Bonchev–Trinajstić information content (AvgIpc) is 2.53. The molecule has 0 amide bonds. The normalized spacial score (nSPS) is 11.9. The largest absolute Gasteiger partial charge is 0.334 e. The molecule has 0 bridgehead atoms. The van der Waals surface area contributed by atoms with Gasteiger partial charge in [0.15, 0.2) is 5.16 Å². The number of nitrogens with zero attached hydrogens (tertiary/aromatic N) is 1. The number of hydrogen-bond donors (Lipinski definition) is 1. The van der Waals surface area contributed by atoms with Crippen LogP contribution in [0.15, 0.2) is 41.6 Å². The molecule has 0 fully saturated rings. The monoisotopic (exact) mass is 368 g/mol. The number of thioether (sulfide) groups is 1. The number of hydrogen-bond acceptors (Lipinski definition) is 3. The Labute approximate surface area is 159 Å². The zero-order chi connectivity index (χ0) is 18.2. The molecule has 0 spiro atoms. The number of nitrogens with one attached hydrogen (secondary N) is 1. The highest BCUT2D eigenvalue weighted by atomic mass is 32.2. The van der Waals surface area contributed by atoms with Gasteiger partial charge in [0, 0.05) is 11.1 Å².